The molecule has 0 aliphatic rings. The predicted molar refractivity (Wildman–Crippen MR) is 104 cm³/mol. The Morgan fingerprint density at radius 3 is 2.71 bits per heavy atom. The number of rotatable bonds is 8. The van der Waals surface area contributed by atoms with Crippen molar-refractivity contribution in [2.45, 2.75) is 46.6 Å². The van der Waals surface area contributed by atoms with E-state index in [9.17, 15) is 0 Å². The van der Waals surface area contributed by atoms with Crippen LogP contribution in [0.25, 0.3) is 0 Å². The van der Waals surface area contributed by atoms with E-state index in [1.165, 1.54) is 16.1 Å². The summed E-state index contributed by atoms with van der Waals surface area (Å²) in [6, 6.07) is 8.40. The van der Waals surface area contributed by atoms with Crippen LogP contribution in [-0.4, -0.2) is 24.0 Å². The van der Waals surface area contributed by atoms with Gasteiger partial charge in [-0.3, -0.25) is 0 Å². The van der Waals surface area contributed by atoms with Crippen molar-refractivity contribution in [3.63, 3.8) is 0 Å². The summed E-state index contributed by atoms with van der Waals surface area (Å²) in [6.07, 6.45) is 3.33. The second-order valence-electron chi connectivity index (χ2n) is 5.89. The molecule has 0 fully saturated rings. The van der Waals surface area contributed by atoms with Crippen LogP contribution in [0.15, 0.2) is 34.6 Å². The molecule has 0 saturated carbocycles. The van der Waals surface area contributed by atoms with Crippen molar-refractivity contribution in [1.82, 2.24) is 15.6 Å². The maximum Gasteiger partial charge on any atom is 0.191 e. The van der Waals surface area contributed by atoms with Gasteiger partial charge < -0.3 is 10.6 Å². The molecule has 5 heteroatoms. The van der Waals surface area contributed by atoms with Crippen LogP contribution in [0, 0.1) is 13.8 Å². The number of hydrogen-bond donors (Lipinski definition) is 2. The molecule has 0 saturated heterocycles. The van der Waals surface area contributed by atoms with E-state index >= 15 is 0 Å². The molecule has 1 heterocycles. The molecule has 2 N–H and O–H groups in total. The number of aryl methyl sites for hydroxylation is 3. The number of benzene rings is 1. The SMILES string of the molecule is CCNC(=NCc1ccccc1C)NCCCCc1nc(C)cs1. The summed E-state index contributed by atoms with van der Waals surface area (Å²) in [7, 11) is 0. The number of thiazole rings is 1. The minimum Gasteiger partial charge on any atom is -0.357 e. The van der Waals surface area contributed by atoms with E-state index < -0.39 is 0 Å². The lowest BCUT2D eigenvalue weighted by atomic mass is 10.1. The van der Waals surface area contributed by atoms with Crippen molar-refractivity contribution in [3.8, 4) is 0 Å². The molecule has 4 nitrogen and oxygen atoms in total. The lowest BCUT2D eigenvalue weighted by Crippen LogP contribution is -2.37. The molecule has 1 aromatic heterocycles. The Morgan fingerprint density at radius 1 is 1.17 bits per heavy atom. The van der Waals surface area contributed by atoms with Crippen LogP contribution in [-0.2, 0) is 13.0 Å². The fourth-order valence-corrected chi connectivity index (χ4v) is 3.24. The molecule has 0 aliphatic heterocycles. The maximum atomic E-state index is 4.69. The van der Waals surface area contributed by atoms with Crippen LogP contribution in [0.3, 0.4) is 0 Å². The van der Waals surface area contributed by atoms with Crippen LogP contribution >= 0.6 is 11.3 Å². The minimum atomic E-state index is 0.709. The molecule has 0 bridgehead atoms. The largest absolute Gasteiger partial charge is 0.357 e. The zero-order valence-electron chi connectivity index (χ0n) is 14.9. The molecule has 130 valence electrons. The average Bonchev–Trinajstić information content (AvgIpc) is 2.99. The lowest BCUT2D eigenvalue weighted by Gasteiger charge is -2.11. The van der Waals surface area contributed by atoms with Gasteiger partial charge in [0.15, 0.2) is 5.96 Å². The van der Waals surface area contributed by atoms with E-state index in [0.717, 1.165) is 44.0 Å². The Balaban J connectivity index is 1.74. The number of hydrogen-bond acceptors (Lipinski definition) is 3. The Hall–Kier alpha value is -1.88. The minimum absolute atomic E-state index is 0.709. The van der Waals surface area contributed by atoms with E-state index in [1.54, 1.807) is 11.3 Å². The Labute approximate surface area is 149 Å². The van der Waals surface area contributed by atoms with E-state index in [2.05, 4.69) is 71.0 Å². The molecule has 2 rings (SSSR count). The van der Waals surface area contributed by atoms with Crippen molar-refractivity contribution in [3.05, 3.63) is 51.5 Å². The third-order valence-corrected chi connectivity index (χ3v) is 4.82. The lowest BCUT2D eigenvalue weighted by molar-refractivity contribution is 0.692. The van der Waals surface area contributed by atoms with Gasteiger partial charge in [-0.15, -0.1) is 11.3 Å². The van der Waals surface area contributed by atoms with Gasteiger partial charge in [-0.1, -0.05) is 24.3 Å². The summed E-state index contributed by atoms with van der Waals surface area (Å²) in [5.41, 5.74) is 3.69. The standard InChI is InChI=1S/C19H28N4S/c1-4-20-19(22-13-17-10-6-5-9-15(17)2)21-12-8-7-11-18-23-16(3)14-24-18/h5-6,9-10,14H,4,7-8,11-13H2,1-3H3,(H2,20,21,22). The van der Waals surface area contributed by atoms with Crippen molar-refractivity contribution >= 4 is 17.3 Å². The Morgan fingerprint density at radius 2 is 2.00 bits per heavy atom. The van der Waals surface area contributed by atoms with Crippen LogP contribution in [0.5, 0.6) is 0 Å². The van der Waals surface area contributed by atoms with Gasteiger partial charge in [0.2, 0.25) is 0 Å². The summed E-state index contributed by atoms with van der Waals surface area (Å²) >= 11 is 1.76. The van der Waals surface area contributed by atoms with Crippen LogP contribution in [0.1, 0.15) is 41.6 Å². The molecule has 0 radical (unpaired) electrons. The highest BCUT2D eigenvalue weighted by atomic mass is 32.1. The average molecular weight is 345 g/mol. The van der Waals surface area contributed by atoms with Gasteiger partial charge in [0.1, 0.15) is 0 Å². The monoisotopic (exact) mass is 344 g/mol. The molecule has 1 aromatic carbocycles. The maximum absolute atomic E-state index is 4.69. The molecule has 0 spiro atoms. The van der Waals surface area contributed by atoms with Crippen LogP contribution in [0.2, 0.25) is 0 Å². The van der Waals surface area contributed by atoms with Crippen molar-refractivity contribution in [1.29, 1.82) is 0 Å². The van der Waals surface area contributed by atoms with E-state index in [-0.39, 0.29) is 0 Å². The van der Waals surface area contributed by atoms with Gasteiger partial charge in [-0.05, 0) is 51.2 Å². The van der Waals surface area contributed by atoms with Gasteiger partial charge in [0.05, 0.1) is 11.6 Å². The number of guanidine groups is 1. The first-order chi connectivity index (χ1) is 11.7. The van der Waals surface area contributed by atoms with Crippen LogP contribution < -0.4 is 10.6 Å². The van der Waals surface area contributed by atoms with Crippen LogP contribution in [0.4, 0.5) is 0 Å². The number of aromatic nitrogens is 1. The van der Waals surface area contributed by atoms with Gasteiger partial charge in [0, 0.05) is 24.2 Å². The predicted octanol–water partition coefficient (Wildman–Crippen LogP) is 3.84. The summed E-state index contributed by atoms with van der Waals surface area (Å²) in [5, 5.41) is 10.1. The Kier molecular flexibility index (Phi) is 7.75. The van der Waals surface area contributed by atoms with Gasteiger partial charge in [0.25, 0.3) is 0 Å². The molecular weight excluding hydrogens is 316 g/mol. The van der Waals surface area contributed by atoms with Gasteiger partial charge in [-0.25, -0.2) is 9.98 Å². The summed E-state index contributed by atoms with van der Waals surface area (Å²) in [6.45, 7) is 8.79. The molecule has 0 unspecified atom stereocenters. The second-order valence-corrected chi connectivity index (χ2v) is 6.83. The molecule has 24 heavy (non-hydrogen) atoms. The quantitative estimate of drug-likeness (QED) is 0.434. The molecule has 0 atom stereocenters. The van der Waals surface area contributed by atoms with Gasteiger partial charge in [-0.2, -0.15) is 0 Å². The number of aliphatic imine (C=N–C) groups is 1. The van der Waals surface area contributed by atoms with E-state index in [1.807, 2.05) is 0 Å². The summed E-state index contributed by atoms with van der Waals surface area (Å²) in [5.74, 6) is 0.894. The first-order valence-electron chi connectivity index (χ1n) is 8.66. The third kappa shape index (κ3) is 6.32. The fourth-order valence-electron chi connectivity index (χ4n) is 2.42. The summed E-state index contributed by atoms with van der Waals surface area (Å²) in [4.78, 5) is 9.19. The first kappa shape index (κ1) is 18.5. The molecule has 0 amide bonds. The zero-order chi connectivity index (χ0) is 17.2. The molecule has 0 aliphatic carbocycles. The van der Waals surface area contributed by atoms with E-state index in [0.29, 0.717) is 6.54 Å². The highest BCUT2D eigenvalue weighted by molar-refractivity contribution is 7.09. The van der Waals surface area contributed by atoms with Crippen molar-refractivity contribution in [2.75, 3.05) is 13.1 Å². The first-order valence-corrected chi connectivity index (χ1v) is 9.54. The van der Waals surface area contributed by atoms with Crippen molar-refractivity contribution in [2.24, 2.45) is 4.99 Å². The smallest absolute Gasteiger partial charge is 0.191 e. The van der Waals surface area contributed by atoms with Gasteiger partial charge >= 0.3 is 0 Å². The zero-order valence-corrected chi connectivity index (χ0v) is 15.7. The third-order valence-electron chi connectivity index (χ3n) is 3.79. The van der Waals surface area contributed by atoms with E-state index in [4.69, 9.17) is 0 Å². The highest BCUT2D eigenvalue weighted by Crippen LogP contribution is 2.11. The normalized spacial score (nSPS) is 11.5. The molecule has 2 aromatic rings. The summed E-state index contributed by atoms with van der Waals surface area (Å²) < 4.78 is 0. The number of nitrogens with zero attached hydrogens (tertiary/aromatic N) is 2. The molecular formula is C19H28N4S. The second kappa shape index (κ2) is 10.1. The highest BCUT2D eigenvalue weighted by Gasteiger charge is 2.01. The topological polar surface area (TPSA) is 49.3 Å². The Bertz CT molecular complexity index is 648. The number of unbranched alkanes of at least 4 members (excludes halogenated alkanes) is 1. The van der Waals surface area contributed by atoms with Crippen molar-refractivity contribution < 1.29 is 0 Å². The number of nitrogens with one attached hydrogen (secondary N) is 2. The fraction of sp³-hybridized carbons (Fsp3) is 0.474.